The number of hydrogen-bond donors (Lipinski definition) is 3. The molecule has 2 heterocycles. The van der Waals surface area contributed by atoms with E-state index in [1.54, 1.807) is 12.1 Å². The van der Waals surface area contributed by atoms with E-state index >= 15 is 0 Å². The van der Waals surface area contributed by atoms with E-state index in [4.69, 9.17) is 23.6 Å². The number of aliphatic hydroxyl groups excluding tert-OH is 1. The van der Waals surface area contributed by atoms with Crippen molar-refractivity contribution in [1.82, 2.24) is 10.3 Å². The molecule has 5 aromatic carbocycles. The fourth-order valence-electron chi connectivity index (χ4n) is 6.68. The van der Waals surface area contributed by atoms with Crippen molar-refractivity contribution in [3.8, 4) is 22.6 Å². The van der Waals surface area contributed by atoms with Crippen molar-refractivity contribution in [3.63, 3.8) is 0 Å². The van der Waals surface area contributed by atoms with Crippen LogP contribution >= 0.6 is 11.8 Å². The molecule has 0 saturated carbocycles. The highest BCUT2D eigenvalue weighted by molar-refractivity contribution is 7.99. The molecule has 2 amide bonds. The number of oxazole rings is 1. The standard InChI is InChI=1S/C45H43N3O7S/c1-29-38(28-56-45-48-39(32-15-8-4-9-16-32)41(55-45)33-17-10-5-11-18-33)53-43(54-40(29)34-23-21-31(27-49)22-24-34)35-19-12-20-36(26-35)46-44(51)47-37(42(50)52-2)25-30-13-6-3-7-14-30/h3-24,26,29,37-38,40,43,49H,25,27-28H2,1-2H3,(H2,46,47,51). The molecule has 10 nitrogen and oxygen atoms in total. The van der Waals surface area contributed by atoms with Gasteiger partial charge >= 0.3 is 12.0 Å². The maximum Gasteiger partial charge on any atom is 0.328 e. The zero-order chi connectivity index (χ0) is 38.9. The van der Waals surface area contributed by atoms with Crippen LogP contribution in [0, 0.1) is 5.92 Å². The van der Waals surface area contributed by atoms with Crippen LogP contribution < -0.4 is 10.6 Å². The maximum atomic E-state index is 13.2. The highest BCUT2D eigenvalue weighted by Crippen LogP contribution is 2.44. The van der Waals surface area contributed by atoms with Crippen molar-refractivity contribution in [3.05, 3.63) is 162 Å². The molecule has 56 heavy (non-hydrogen) atoms. The lowest BCUT2D eigenvalue weighted by atomic mass is 9.91. The Kier molecular flexibility index (Phi) is 12.6. The molecule has 0 aliphatic carbocycles. The smallest absolute Gasteiger partial charge is 0.328 e. The van der Waals surface area contributed by atoms with Gasteiger partial charge in [0, 0.05) is 40.5 Å². The predicted octanol–water partition coefficient (Wildman–Crippen LogP) is 8.99. The van der Waals surface area contributed by atoms with Crippen LogP contribution in [0.15, 0.2) is 149 Å². The van der Waals surface area contributed by atoms with E-state index in [-0.39, 0.29) is 31.2 Å². The van der Waals surface area contributed by atoms with E-state index in [1.807, 2.05) is 127 Å². The lowest BCUT2D eigenvalue weighted by Gasteiger charge is -2.41. The van der Waals surface area contributed by atoms with E-state index < -0.39 is 24.3 Å². The molecule has 0 spiro atoms. The Morgan fingerprint density at radius 2 is 1.48 bits per heavy atom. The van der Waals surface area contributed by atoms with Crippen LogP contribution in [0.2, 0.25) is 0 Å². The number of amides is 2. The number of carbonyl (C=O) groups excluding carboxylic acids is 2. The number of urea groups is 1. The highest BCUT2D eigenvalue weighted by atomic mass is 32.2. The summed E-state index contributed by atoms with van der Waals surface area (Å²) in [5, 5.41) is 15.8. The maximum absolute atomic E-state index is 13.2. The molecule has 0 bridgehead atoms. The molecule has 1 aliphatic rings. The minimum atomic E-state index is -0.885. The number of nitrogens with zero attached hydrogens (tertiary/aromatic N) is 1. The number of aromatic nitrogens is 1. The largest absolute Gasteiger partial charge is 0.467 e. The van der Waals surface area contributed by atoms with Crippen molar-refractivity contribution in [2.75, 3.05) is 18.2 Å². The molecule has 5 atom stereocenters. The van der Waals surface area contributed by atoms with Crippen LogP contribution in [0.4, 0.5) is 10.5 Å². The zero-order valence-electron chi connectivity index (χ0n) is 31.0. The molecule has 6 aromatic rings. The van der Waals surface area contributed by atoms with E-state index in [1.165, 1.54) is 18.9 Å². The minimum Gasteiger partial charge on any atom is -0.467 e. The Morgan fingerprint density at radius 1 is 0.804 bits per heavy atom. The Bertz CT molecular complexity index is 2140. The number of carbonyl (C=O) groups is 2. The van der Waals surface area contributed by atoms with Crippen LogP contribution in [0.25, 0.3) is 22.6 Å². The van der Waals surface area contributed by atoms with Gasteiger partial charge in [0.1, 0.15) is 11.7 Å². The first kappa shape index (κ1) is 38.6. The summed E-state index contributed by atoms with van der Waals surface area (Å²) in [7, 11) is 1.30. The van der Waals surface area contributed by atoms with Crippen molar-refractivity contribution in [1.29, 1.82) is 0 Å². The number of rotatable bonds is 13. The normalized spacial score (nSPS) is 18.5. The molecular weight excluding hydrogens is 727 g/mol. The lowest BCUT2D eigenvalue weighted by molar-refractivity contribution is -0.268. The average molecular weight is 770 g/mol. The summed E-state index contributed by atoms with van der Waals surface area (Å²) < 4.78 is 24.8. The number of thioether (sulfide) groups is 1. The van der Waals surface area contributed by atoms with Crippen LogP contribution in [0.1, 0.15) is 41.6 Å². The van der Waals surface area contributed by atoms with Crippen LogP contribution in [0.3, 0.4) is 0 Å². The average Bonchev–Trinajstić information content (AvgIpc) is 3.68. The molecule has 1 fully saturated rings. The number of ether oxygens (including phenoxy) is 3. The number of anilines is 1. The van der Waals surface area contributed by atoms with Gasteiger partial charge in [-0.1, -0.05) is 146 Å². The van der Waals surface area contributed by atoms with E-state index in [2.05, 4.69) is 17.6 Å². The Balaban J connectivity index is 1.11. The number of benzene rings is 5. The van der Waals surface area contributed by atoms with Gasteiger partial charge in [-0.05, 0) is 28.8 Å². The SMILES string of the molecule is COC(=O)C(Cc1ccccc1)NC(=O)Nc1cccc(C2OC(CSc3nc(-c4ccccc4)c(-c4ccccc4)o3)C(C)C(c3ccc(CO)cc3)O2)c1. The molecule has 11 heteroatoms. The monoisotopic (exact) mass is 769 g/mol. The van der Waals surface area contributed by atoms with Gasteiger partial charge < -0.3 is 34.4 Å². The number of esters is 1. The van der Waals surface area contributed by atoms with Crippen molar-refractivity contribution in [2.45, 2.75) is 49.7 Å². The second-order valence-corrected chi connectivity index (χ2v) is 14.5. The highest BCUT2D eigenvalue weighted by Gasteiger charge is 2.39. The molecule has 5 unspecified atom stereocenters. The van der Waals surface area contributed by atoms with Gasteiger partial charge in [-0.15, -0.1) is 0 Å². The molecule has 1 aliphatic heterocycles. The fourth-order valence-corrected chi connectivity index (χ4v) is 7.66. The molecule has 286 valence electrons. The van der Waals surface area contributed by atoms with Gasteiger partial charge in [-0.3, -0.25) is 0 Å². The van der Waals surface area contributed by atoms with Crippen molar-refractivity contribution in [2.24, 2.45) is 5.92 Å². The first-order valence-electron chi connectivity index (χ1n) is 18.4. The second-order valence-electron chi connectivity index (χ2n) is 13.5. The van der Waals surface area contributed by atoms with E-state index in [0.29, 0.717) is 28.0 Å². The third kappa shape index (κ3) is 9.38. The van der Waals surface area contributed by atoms with E-state index in [9.17, 15) is 14.7 Å². The minimum absolute atomic E-state index is 0.0571. The Morgan fingerprint density at radius 3 is 2.16 bits per heavy atom. The first-order chi connectivity index (χ1) is 27.4. The summed E-state index contributed by atoms with van der Waals surface area (Å²) in [6, 6.07) is 42.9. The van der Waals surface area contributed by atoms with Crippen LogP contribution in [-0.2, 0) is 32.0 Å². The summed E-state index contributed by atoms with van der Waals surface area (Å²) >= 11 is 1.48. The zero-order valence-corrected chi connectivity index (χ0v) is 31.9. The third-order valence-corrected chi connectivity index (χ3v) is 10.6. The van der Waals surface area contributed by atoms with Gasteiger partial charge in [0.2, 0.25) is 0 Å². The molecule has 3 N–H and O–H groups in total. The third-order valence-electron chi connectivity index (χ3n) is 9.68. The summed E-state index contributed by atoms with van der Waals surface area (Å²) in [6.07, 6.45) is -1.16. The van der Waals surface area contributed by atoms with Gasteiger partial charge in [0.25, 0.3) is 5.22 Å². The fraction of sp³-hybridized carbons (Fsp3) is 0.222. The Labute approximate surface area is 330 Å². The summed E-state index contributed by atoms with van der Waals surface area (Å²) in [4.78, 5) is 30.7. The van der Waals surface area contributed by atoms with Crippen LogP contribution in [-0.4, -0.2) is 47.1 Å². The molecule has 1 aromatic heterocycles. The van der Waals surface area contributed by atoms with Crippen LogP contribution in [0.5, 0.6) is 0 Å². The van der Waals surface area contributed by atoms with Crippen molar-refractivity contribution < 1.29 is 33.3 Å². The van der Waals surface area contributed by atoms with Gasteiger partial charge in [-0.2, -0.15) is 0 Å². The second kappa shape index (κ2) is 18.3. The number of hydrogen-bond acceptors (Lipinski definition) is 9. The summed E-state index contributed by atoms with van der Waals surface area (Å²) in [5.74, 6) is 0.593. The topological polar surface area (TPSA) is 132 Å². The molecule has 1 saturated heterocycles. The summed E-state index contributed by atoms with van der Waals surface area (Å²) in [5.41, 5.74) is 6.50. The number of nitrogens with one attached hydrogen (secondary N) is 2. The molecule has 7 rings (SSSR count). The number of aliphatic hydroxyl groups is 1. The number of methoxy groups -OCH3 is 1. The van der Waals surface area contributed by atoms with Crippen molar-refractivity contribution >= 4 is 29.4 Å². The van der Waals surface area contributed by atoms with Gasteiger partial charge in [-0.25, -0.2) is 14.6 Å². The molecule has 0 radical (unpaired) electrons. The Hall–Kier alpha value is -5.72. The van der Waals surface area contributed by atoms with E-state index in [0.717, 1.165) is 33.5 Å². The quantitative estimate of drug-likeness (QED) is 0.0778. The lowest BCUT2D eigenvalue weighted by Crippen LogP contribution is -2.45. The van der Waals surface area contributed by atoms with Gasteiger partial charge in [0.05, 0.1) is 25.9 Å². The first-order valence-corrected chi connectivity index (χ1v) is 19.4. The summed E-state index contributed by atoms with van der Waals surface area (Å²) in [6.45, 7) is 2.04. The predicted molar refractivity (Wildman–Crippen MR) is 216 cm³/mol. The van der Waals surface area contributed by atoms with Gasteiger partial charge in [0.15, 0.2) is 12.1 Å². The molecular formula is C45H43N3O7S.